The van der Waals surface area contributed by atoms with Gasteiger partial charge in [0.15, 0.2) is 0 Å². The van der Waals surface area contributed by atoms with Crippen LogP contribution < -0.4 is 0 Å². The maximum absolute atomic E-state index is 12.3. The summed E-state index contributed by atoms with van der Waals surface area (Å²) in [5.74, 6) is -0.876. The minimum Gasteiger partial charge on any atom is -0.460 e. The van der Waals surface area contributed by atoms with Gasteiger partial charge in [-0.3, -0.25) is 4.79 Å². The average molecular weight is 160 g/mol. The van der Waals surface area contributed by atoms with Crippen LogP contribution in [-0.4, -0.2) is 17.7 Å². The molecule has 0 saturated heterocycles. The van der Waals surface area contributed by atoms with E-state index in [2.05, 4.69) is 0 Å². The molecule has 0 aromatic rings. The van der Waals surface area contributed by atoms with Crippen molar-refractivity contribution in [2.75, 3.05) is 0 Å². The van der Waals surface area contributed by atoms with E-state index in [4.69, 9.17) is 4.74 Å². The molecule has 0 spiro atoms. The molecule has 2 nitrogen and oxygen atoms in total. The first kappa shape index (κ1) is 8.50. The van der Waals surface area contributed by atoms with Gasteiger partial charge < -0.3 is 4.74 Å². The first-order chi connectivity index (χ1) is 4.90. The van der Waals surface area contributed by atoms with Gasteiger partial charge in [-0.15, -0.1) is 0 Å². The molecule has 11 heavy (non-hydrogen) atoms. The Morgan fingerprint density at radius 3 is 2.27 bits per heavy atom. The molecule has 1 fully saturated rings. The zero-order chi connectivity index (χ0) is 8.65. The standard InChI is InChI=1S/C8H13FO2/c1-8(2,3)11-7(10)5-4-6(5)9/h5-6H,4H2,1-3H3. The summed E-state index contributed by atoms with van der Waals surface area (Å²) >= 11 is 0. The lowest BCUT2D eigenvalue weighted by molar-refractivity contribution is -0.156. The van der Waals surface area contributed by atoms with Crippen molar-refractivity contribution in [3.05, 3.63) is 0 Å². The van der Waals surface area contributed by atoms with Gasteiger partial charge in [-0.05, 0) is 27.2 Å². The van der Waals surface area contributed by atoms with Gasteiger partial charge in [-0.1, -0.05) is 0 Å². The number of ether oxygens (including phenoxy) is 1. The predicted octanol–water partition coefficient (Wildman–Crippen LogP) is 1.69. The Balaban J connectivity index is 2.33. The Labute approximate surface area is 65.7 Å². The van der Waals surface area contributed by atoms with Gasteiger partial charge in [0.2, 0.25) is 0 Å². The average Bonchev–Trinajstić information content (AvgIpc) is 2.41. The quantitative estimate of drug-likeness (QED) is 0.545. The maximum atomic E-state index is 12.3. The molecule has 64 valence electrons. The van der Waals surface area contributed by atoms with Gasteiger partial charge in [-0.2, -0.15) is 0 Å². The molecule has 2 atom stereocenters. The highest BCUT2D eigenvalue weighted by atomic mass is 19.1. The van der Waals surface area contributed by atoms with Crippen molar-refractivity contribution in [1.82, 2.24) is 0 Å². The van der Waals surface area contributed by atoms with E-state index in [0.29, 0.717) is 6.42 Å². The van der Waals surface area contributed by atoms with Gasteiger partial charge in [0.05, 0.1) is 5.92 Å². The molecule has 0 N–H and O–H groups in total. The van der Waals surface area contributed by atoms with Crippen LogP contribution in [0.1, 0.15) is 27.2 Å². The van der Waals surface area contributed by atoms with Crippen LogP contribution >= 0.6 is 0 Å². The Morgan fingerprint density at radius 1 is 1.55 bits per heavy atom. The van der Waals surface area contributed by atoms with Crippen molar-refractivity contribution in [3.8, 4) is 0 Å². The van der Waals surface area contributed by atoms with E-state index in [1.165, 1.54) is 0 Å². The lowest BCUT2D eigenvalue weighted by Crippen LogP contribution is -2.25. The number of carbonyl (C=O) groups excluding carboxylic acids is 1. The smallest absolute Gasteiger partial charge is 0.312 e. The summed E-state index contributed by atoms with van der Waals surface area (Å²) in [6.45, 7) is 5.33. The van der Waals surface area contributed by atoms with Crippen molar-refractivity contribution < 1.29 is 13.9 Å². The number of halogens is 1. The van der Waals surface area contributed by atoms with Crippen LogP contribution in [0.4, 0.5) is 4.39 Å². The van der Waals surface area contributed by atoms with Gasteiger partial charge in [0, 0.05) is 0 Å². The fourth-order valence-electron chi connectivity index (χ4n) is 0.785. The van der Waals surface area contributed by atoms with Crippen molar-refractivity contribution in [2.24, 2.45) is 5.92 Å². The Kier molecular flexibility index (Phi) is 1.90. The van der Waals surface area contributed by atoms with Crippen molar-refractivity contribution >= 4 is 5.97 Å². The summed E-state index contributed by atoms with van der Waals surface area (Å²) in [6, 6.07) is 0. The minimum atomic E-state index is -0.954. The van der Waals surface area contributed by atoms with E-state index in [9.17, 15) is 9.18 Å². The second-order valence-corrected chi connectivity index (χ2v) is 3.89. The Bertz CT molecular complexity index is 171. The zero-order valence-corrected chi connectivity index (χ0v) is 7.06. The van der Waals surface area contributed by atoms with Gasteiger partial charge in [-0.25, -0.2) is 4.39 Å². The third-order valence-corrected chi connectivity index (χ3v) is 1.42. The normalized spacial score (nSPS) is 29.8. The highest BCUT2D eigenvalue weighted by Crippen LogP contribution is 2.35. The molecule has 0 bridgehead atoms. The molecular weight excluding hydrogens is 147 g/mol. The van der Waals surface area contributed by atoms with E-state index in [-0.39, 0.29) is 0 Å². The largest absolute Gasteiger partial charge is 0.460 e. The summed E-state index contributed by atoms with van der Waals surface area (Å²) in [5.41, 5.74) is -0.487. The summed E-state index contributed by atoms with van der Waals surface area (Å²) in [7, 11) is 0. The van der Waals surface area contributed by atoms with Crippen LogP contribution in [0.5, 0.6) is 0 Å². The number of hydrogen-bond donors (Lipinski definition) is 0. The number of carbonyl (C=O) groups is 1. The van der Waals surface area contributed by atoms with E-state index < -0.39 is 23.7 Å². The second-order valence-electron chi connectivity index (χ2n) is 3.89. The van der Waals surface area contributed by atoms with Crippen LogP contribution in [0.25, 0.3) is 0 Å². The van der Waals surface area contributed by atoms with Crippen LogP contribution in [0, 0.1) is 5.92 Å². The lowest BCUT2D eigenvalue weighted by atomic mass is 10.2. The molecule has 3 heteroatoms. The van der Waals surface area contributed by atoms with Crippen molar-refractivity contribution in [2.45, 2.75) is 39.0 Å². The first-order valence-corrected chi connectivity index (χ1v) is 3.77. The van der Waals surface area contributed by atoms with E-state index in [1.54, 1.807) is 20.8 Å². The van der Waals surface area contributed by atoms with Gasteiger partial charge in [0.25, 0.3) is 0 Å². The number of hydrogen-bond acceptors (Lipinski definition) is 2. The molecule has 0 aromatic heterocycles. The molecule has 1 saturated carbocycles. The monoisotopic (exact) mass is 160 g/mol. The molecular formula is C8H13FO2. The van der Waals surface area contributed by atoms with Crippen LogP contribution in [-0.2, 0) is 9.53 Å². The molecule has 0 radical (unpaired) electrons. The Morgan fingerprint density at radius 2 is 2.00 bits per heavy atom. The predicted molar refractivity (Wildman–Crippen MR) is 38.8 cm³/mol. The van der Waals surface area contributed by atoms with Crippen molar-refractivity contribution in [1.29, 1.82) is 0 Å². The highest BCUT2D eigenvalue weighted by Gasteiger charge is 2.46. The number of alkyl halides is 1. The lowest BCUT2D eigenvalue weighted by Gasteiger charge is -2.19. The fourth-order valence-corrected chi connectivity index (χ4v) is 0.785. The van der Waals surface area contributed by atoms with E-state index in [0.717, 1.165) is 0 Å². The fraction of sp³-hybridized carbons (Fsp3) is 0.875. The third kappa shape index (κ3) is 2.48. The summed E-state index contributed by atoms with van der Waals surface area (Å²) in [6.07, 6.45) is -0.612. The SMILES string of the molecule is CC(C)(C)OC(=O)C1CC1F. The minimum absolute atomic E-state index is 0.342. The van der Waals surface area contributed by atoms with E-state index in [1.807, 2.05) is 0 Å². The molecule has 2 unspecified atom stereocenters. The topological polar surface area (TPSA) is 26.3 Å². The molecule has 1 rings (SSSR count). The van der Waals surface area contributed by atoms with Crippen LogP contribution in [0.2, 0.25) is 0 Å². The molecule has 0 aromatic carbocycles. The van der Waals surface area contributed by atoms with Gasteiger partial charge in [0.1, 0.15) is 11.8 Å². The number of esters is 1. The molecule has 0 heterocycles. The molecule has 0 amide bonds. The van der Waals surface area contributed by atoms with Crippen LogP contribution in [0.3, 0.4) is 0 Å². The molecule has 1 aliphatic carbocycles. The molecule has 0 aliphatic heterocycles. The molecule has 1 aliphatic rings. The summed E-state index contributed by atoms with van der Waals surface area (Å²) in [5, 5.41) is 0. The first-order valence-electron chi connectivity index (χ1n) is 3.77. The van der Waals surface area contributed by atoms with Crippen LogP contribution in [0.15, 0.2) is 0 Å². The third-order valence-electron chi connectivity index (χ3n) is 1.42. The highest BCUT2D eigenvalue weighted by molar-refractivity contribution is 5.76. The summed E-state index contributed by atoms with van der Waals surface area (Å²) < 4.78 is 17.3. The Hall–Kier alpha value is -0.600. The van der Waals surface area contributed by atoms with Crippen molar-refractivity contribution in [3.63, 3.8) is 0 Å². The second kappa shape index (κ2) is 2.47. The summed E-state index contributed by atoms with van der Waals surface area (Å²) in [4.78, 5) is 11.0. The van der Waals surface area contributed by atoms with Gasteiger partial charge >= 0.3 is 5.97 Å². The van der Waals surface area contributed by atoms with E-state index >= 15 is 0 Å². The zero-order valence-electron chi connectivity index (χ0n) is 7.06. The maximum Gasteiger partial charge on any atom is 0.312 e. The number of rotatable bonds is 1.